The van der Waals surface area contributed by atoms with Crippen LogP contribution < -0.4 is 15.0 Å². The Bertz CT molecular complexity index is 1930. The van der Waals surface area contributed by atoms with Gasteiger partial charge in [-0.25, -0.2) is 13.2 Å². The highest BCUT2D eigenvalue weighted by Crippen LogP contribution is 2.47. The van der Waals surface area contributed by atoms with E-state index >= 15 is 8.78 Å². The van der Waals surface area contributed by atoms with Crippen LogP contribution in [0.1, 0.15) is 37.7 Å². The molecule has 4 aromatic rings. The molecule has 4 fully saturated rings. The molecule has 3 saturated heterocycles. The third-order valence-electron chi connectivity index (χ3n) is 10.4. The molecule has 11 heteroatoms. The van der Waals surface area contributed by atoms with Gasteiger partial charge in [-0.15, -0.1) is 6.42 Å². The van der Waals surface area contributed by atoms with Gasteiger partial charge in [-0.2, -0.15) is 9.97 Å². The number of phenols is 1. The van der Waals surface area contributed by atoms with Crippen molar-refractivity contribution in [2.75, 3.05) is 51.3 Å². The average Bonchev–Trinajstić information content (AvgIpc) is 3.53. The Kier molecular flexibility index (Phi) is 7.43. The van der Waals surface area contributed by atoms with Crippen LogP contribution in [0.5, 0.6) is 11.8 Å². The zero-order valence-electron chi connectivity index (χ0n) is 26.2. The van der Waals surface area contributed by atoms with E-state index in [9.17, 15) is 9.50 Å². The number of phenolic OH excluding ortho intramolecular Hbond substituents is 1. The van der Waals surface area contributed by atoms with E-state index in [1.54, 1.807) is 7.11 Å². The molecule has 2 bridgehead atoms. The summed E-state index contributed by atoms with van der Waals surface area (Å²) in [7, 11) is 1.74. The molecule has 8 nitrogen and oxygen atoms in total. The van der Waals surface area contributed by atoms with Gasteiger partial charge in [-0.3, -0.25) is 4.90 Å². The van der Waals surface area contributed by atoms with Gasteiger partial charge >= 0.3 is 6.01 Å². The number of hydrogen-bond acceptors (Lipinski definition) is 8. The molecule has 0 radical (unpaired) electrons. The summed E-state index contributed by atoms with van der Waals surface area (Å²) < 4.78 is 59.8. The van der Waals surface area contributed by atoms with Gasteiger partial charge in [0.1, 0.15) is 28.7 Å². The van der Waals surface area contributed by atoms with Crippen LogP contribution in [0.4, 0.5) is 19.0 Å². The Morgan fingerprint density at radius 1 is 1.04 bits per heavy atom. The number of nitrogens with one attached hydrogen (secondary N) is 1. The fourth-order valence-corrected chi connectivity index (χ4v) is 7.80. The largest absolute Gasteiger partial charge is 0.508 e. The van der Waals surface area contributed by atoms with Crippen molar-refractivity contribution in [2.45, 2.75) is 50.3 Å². The lowest BCUT2D eigenvalue weighted by Crippen LogP contribution is -2.51. The zero-order valence-corrected chi connectivity index (χ0v) is 26.2. The summed E-state index contributed by atoms with van der Waals surface area (Å²) in [6.07, 6.45) is 10.9. The minimum atomic E-state index is -0.963. The molecule has 8 rings (SSSR count). The van der Waals surface area contributed by atoms with Gasteiger partial charge in [-0.05, 0) is 61.8 Å². The van der Waals surface area contributed by atoms with E-state index in [1.807, 2.05) is 0 Å². The summed E-state index contributed by atoms with van der Waals surface area (Å²) in [5.74, 6) is -0.0804. The predicted molar refractivity (Wildman–Crippen MR) is 173 cm³/mol. The monoisotopic (exact) mass is 643 g/mol. The first-order valence-corrected chi connectivity index (χ1v) is 16.2. The third kappa shape index (κ3) is 5.42. The van der Waals surface area contributed by atoms with Crippen molar-refractivity contribution < 1.29 is 27.8 Å². The topological polar surface area (TPSA) is 83.0 Å². The number of fused-ring (bicyclic) bond motifs is 4. The van der Waals surface area contributed by atoms with Crippen molar-refractivity contribution >= 4 is 27.5 Å². The van der Waals surface area contributed by atoms with Crippen LogP contribution in [-0.4, -0.2) is 84.6 Å². The maximum Gasteiger partial charge on any atom is 0.319 e. The lowest BCUT2D eigenvalue weighted by Gasteiger charge is -2.34. The fourth-order valence-electron chi connectivity index (χ4n) is 7.80. The smallest absolute Gasteiger partial charge is 0.319 e. The minimum Gasteiger partial charge on any atom is -0.508 e. The number of rotatable bonds is 8. The average molecular weight is 644 g/mol. The first-order valence-electron chi connectivity index (χ1n) is 16.2. The molecule has 4 aliphatic rings. The zero-order chi connectivity index (χ0) is 32.4. The third-order valence-corrected chi connectivity index (χ3v) is 10.4. The highest BCUT2D eigenvalue weighted by molar-refractivity contribution is 6.04. The van der Waals surface area contributed by atoms with E-state index in [0.717, 1.165) is 51.7 Å². The Morgan fingerprint density at radius 3 is 2.53 bits per heavy atom. The van der Waals surface area contributed by atoms with Crippen LogP contribution in [-0.2, 0) is 4.74 Å². The molecule has 3 aromatic carbocycles. The second kappa shape index (κ2) is 11.5. The molecule has 1 saturated carbocycles. The summed E-state index contributed by atoms with van der Waals surface area (Å²) in [6, 6.07) is 6.92. The maximum absolute atomic E-state index is 16.9. The van der Waals surface area contributed by atoms with E-state index in [4.69, 9.17) is 20.9 Å². The Hall–Kier alpha value is -4.11. The van der Waals surface area contributed by atoms with Crippen molar-refractivity contribution in [3.63, 3.8) is 0 Å². The molecule has 2 unspecified atom stereocenters. The molecule has 3 atom stereocenters. The molecule has 1 aliphatic carbocycles. The molecule has 244 valence electrons. The highest BCUT2D eigenvalue weighted by atomic mass is 19.1. The van der Waals surface area contributed by atoms with Crippen molar-refractivity contribution in [2.24, 2.45) is 5.41 Å². The number of ether oxygens (including phenoxy) is 2. The molecule has 2 N–H and O–H groups in total. The number of likely N-dealkylation sites (tertiary alicyclic amines) is 1. The molecule has 47 heavy (non-hydrogen) atoms. The van der Waals surface area contributed by atoms with Crippen LogP contribution in [0, 0.1) is 35.2 Å². The Balaban J connectivity index is 1.23. The first-order chi connectivity index (χ1) is 22.7. The highest BCUT2D eigenvalue weighted by Gasteiger charge is 2.46. The molecular formula is C36H36F3N5O3. The Morgan fingerprint density at radius 2 is 1.83 bits per heavy atom. The van der Waals surface area contributed by atoms with Crippen LogP contribution >= 0.6 is 0 Å². The van der Waals surface area contributed by atoms with E-state index in [-0.39, 0.29) is 62.8 Å². The molecule has 3 aliphatic heterocycles. The van der Waals surface area contributed by atoms with Gasteiger partial charge in [0.2, 0.25) is 0 Å². The number of hydrogen-bond donors (Lipinski definition) is 2. The maximum atomic E-state index is 16.9. The first kappa shape index (κ1) is 30.2. The minimum absolute atomic E-state index is 0.0217. The van der Waals surface area contributed by atoms with E-state index < -0.39 is 23.0 Å². The van der Waals surface area contributed by atoms with Crippen LogP contribution in [0.2, 0.25) is 0 Å². The van der Waals surface area contributed by atoms with Crippen molar-refractivity contribution in [1.82, 2.24) is 20.2 Å². The van der Waals surface area contributed by atoms with Gasteiger partial charge in [0.15, 0.2) is 5.82 Å². The number of aromatic nitrogens is 2. The number of benzene rings is 3. The standard InChI is InChI=1S/C36H36F3N5O3/c1-3-25-28(37)7-4-20-12-23(45)13-26(30(20)25)31-29(38)14-27-33(32(31)39)41-35(42-34(27)44-15-21-5-6-22(16-44)40-21)47-19-36(9-10-36)18-43-11-8-24(17-43)46-2/h1,4,7,12-14,21-22,24,40,45H,5-6,8-11,15-19H2,2H3/t21?,22?,24-/m0/s1. The van der Waals surface area contributed by atoms with Crippen LogP contribution in [0.25, 0.3) is 32.8 Å². The summed E-state index contributed by atoms with van der Waals surface area (Å²) in [4.78, 5) is 13.8. The van der Waals surface area contributed by atoms with E-state index in [1.165, 1.54) is 30.3 Å². The number of anilines is 1. The number of methoxy groups -OCH3 is 1. The Labute approximate surface area is 270 Å². The normalized spacial score (nSPS) is 23.5. The van der Waals surface area contributed by atoms with Gasteiger partial charge in [0.25, 0.3) is 0 Å². The van der Waals surface area contributed by atoms with E-state index in [2.05, 4.69) is 26.0 Å². The van der Waals surface area contributed by atoms with E-state index in [0.29, 0.717) is 30.9 Å². The van der Waals surface area contributed by atoms with Crippen molar-refractivity contribution in [1.29, 1.82) is 0 Å². The van der Waals surface area contributed by atoms with Crippen molar-refractivity contribution in [3.8, 4) is 35.2 Å². The lowest BCUT2D eigenvalue weighted by atomic mass is 9.92. The van der Waals surface area contributed by atoms with Gasteiger partial charge in [-0.1, -0.05) is 12.0 Å². The molecular weight excluding hydrogens is 607 g/mol. The second-order valence-electron chi connectivity index (χ2n) is 13.6. The summed E-state index contributed by atoms with van der Waals surface area (Å²) in [6.45, 7) is 4.36. The SMILES string of the molecule is C#Cc1c(F)ccc2cc(O)cc(-c3c(F)cc4c(N5CC6CCC(C5)N6)nc(OCC5(CN6CC[C@H](OC)C6)CC5)nc4c3F)c12. The van der Waals surface area contributed by atoms with Crippen LogP contribution in [0.3, 0.4) is 0 Å². The summed E-state index contributed by atoms with van der Waals surface area (Å²) in [5.41, 5.74) is -0.835. The lowest BCUT2D eigenvalue weighted by molar-refractivity contribution is 0.100. The predicted octanol–water partition coefficient (Wildman–Crippen LogP) is 5.37. The number of nitrogens with zero attached hydrogens (tertiary/aromatic N) is 4. The number of terminal acetylenes is 1. The van der Waals surface area contributed by atoms with Crippen LogP contribution in [0.15, 0.2) is 30.3 Å². The molecule has 0 amide bonds. The summed E-state index contributed by atoms with van der Waals surface area (Å²) >= 11 is 0. The summed E-state index contributed by atoms with van der Waals surface area (Å²) in [5, 5.41) is 14.8. The molecule has 0 spiro atoms. The number of halogens is 3. The second-order valence-corrected chi connectivity index (χ2v) is 13.6. The number of aromatic hydroxyl groups is 1. The van der Waals surface area contributed by atoms with Gasteiger partial charge in [0, 0.05) is 73.7 Å². The van der Waals surface area contributed by atoms with Gasteiger partial charge in [0.05, 0.1) is 23.8 Å². The number of piperazine rings is 1. The molecule has 4 heterocycles. The van der Waals surface area contributed by atoms with Gasteiger partial charge < -0.3 is 24.8 Å². The molecule has 1 aromatic heterocycles. The van der Waals surface area contributed by atoms with Crippen molar-refractivity contribution in [3.05, 3.63) is 53.3 Å². The fraction of sp³-hybridized carbons (Fsp3) is 0.444. The quantitative estimate of drug-likeness (QED) is 0.248.